The van der Waals surface area contributed by atoms with Crippen LogP contribution in [0.2, 0.25) is 0 Å². The topological polar surface area (TPSA) is 0 Å². The van der Waals surface area contributed by atoms with Gasteiger partial charge in [0.15, 0.2) is 17.4 Å². The molecule has 4 heteroatoms. The Labute approximate surface area is 90.8 Å². The molecule has 0 aromatic carbocycles. The summed E-state index contributed by atoms with van der Waals surface area (Å²) in [7, 11) is 0. The fraction of sp³-hybridized carbons (Fsp3) is 0. The van der Waals surface area contributed by atoms with Crippen LogP contribution in [0.4, 0.5) is 0 Å². The molecule has 0 atom stereocenters. The van der Waals surface area contributed by atoms with Crippen molar-refractivity contribution in [3.8, 4) is 0 Å². The number of hydrogen-bond donors (Lipinski definition) is 0. The second kappa shape index (κ2) is 17.0. The van der Waals surface area contributed by atoms with Gasteiger partial charge in [0.05, 0.1) is 0 Å². The summed E-state index contributed by atoms with van der Waals surface area (Å²) in [5, 5.41) is 0. The molecule has 0 radical (unpaired) electrons. The van der Waals surface area contributed by atoms with E-state index in [1.165, 1.54) is 0 Å². The van der Waals surface area contributed by atoms with E-state index in [0.29, 0.717) is 0 Å². The molecule has 0 amide bonds. The van der Waals surface area contributed by atoms with Crippen LogP contribution in [0, 0.1) is 0 Å². The molecule has 0 heterocycles. The van der Waals surface area contributed by atoms with Crippen molar-refractivity contribution in [3.63, 3.8) is 0 Å². The first-order valence-corrected chi connectivity index (χ1v) is 0. The van der Waals surface area contributed by atoms with Crippen LogP contribution < -0.4 is 0 Å². The third-order valence-electron chi connectivity index (χ3n) is 0. The molecule has 0 fully saturated rings. The Morgan fingerprint density at radius 2 is 1.25 bits per heavy atom. The average Bonchev–Trinajstić information content (AvgIpc) is 0. The minimum atomic E-state index is 0. The summed E-state index contributed by atoms with van der Waals surface area (Å²) in [5.41, 5.74) is 0. The Balaban J connectivity index is 0. The third kappa shape index (κ3) is 8.85. The minimum absolute atomic E-state index is 0. The van der Waals surface area contributed by atoms with Crippen LogP contribution in [-0.2, 0) is 34.4 Å². The molecular weight excluding hydrogens is 175 g/mol. The van der Waals surface area contributed by atoms with Crippen molar-refractivity contribution in [1.82, 2.24) is 0 Å². The van der Waals surface area contributed by atoms with Gasteiger partial charge in [0, 0.05) is 34.4 Å². The molecule has 0 saturated heterocycles. The van der Waals surface area contributed by atoms with Gasteiger partial charge in [-0.1, -0.05) is 0 Å². The molecule has 0 aliphatic carbocycles. The summed E-state index contributed by atoms with van der Waals surface area (Å²) >= 11 is 0. The van der Waals surface area contributed by atoms with E-state index in [2.05, 4.69) is 0 Å². The first-order chi connectivity index (χ1) is 0. The Bertz CT molecular complexity index is 13.5. The van der Waals surface area contributed by atoms with Gasteiger partial charge in [-0.05, 0) is 0 Å². The predicted molar refractivity (Wildman–Crippen MR) is 17.9 cm³/mol. The fourth-order valence-electron chi connectivity index (χ4n) is 0. The number of rotatable bonds is 0. The molecule has 0 nitrogen and oxygen atoms in total. The van der Waals surface area contributed by atoms with Gasteiger partial charge in [-0.2, -0.15) is 0 Å². The van der Waals surface area contributed by atoms with E-state index >= 15 is 0 Å². The van der Waals surface area contributed by atoms with E-state index in [1.54, 1.807) is 0 Å². The zero-order valence-electron chi connectivity index (χ0n) is 3.47. The molecule has 0 unspecified atom stereocenters. The Morgan fingerprint density at radius 1 is 1.25 bits per heavy atom. The van der Waals surface area contributed by atoms with Crippen molar-refractivity contribution in [3.05, 3.63) is 0 Å². The Kier molecular flexibility index (Phi) is 122. The van der Waals surface area contributed by atoms with E-state index in [-0.39, 0.29) is 92.4 Å². The van der Waals surface area contributed by atoms with Gasteiger partial charge in [-0.15, -0.1) is 0 Å². The zero-order chi connectivity index (χ0) is 0. The van der Waals surface area contributed by atoms with Crippen LogP contribution >= 0.6 is 0 Å². The monoisotopic (exact) mass is 180 g/mol. The van der Waals surface area contributed by atoms with E-state index in [9.17, 15) is 0 Å². The summed E-state index contributed by atoms with van der Waals surface area (Å²) in [6, 6.07) is 0. The third-order valence-corrected chi connectivity index (χ3v) is 0. The van der Waals surface area contributed by atoms with Crippen LogP contribution in [0.3, 0.4) is 0 Å². The predicted octanol–water partition coefficient (Wildman–Crippen LogP) is -1.34. The summed E-state index contributed by atoms with van der Waals surface area (Å²) < 4.78 is 0. The van der Waals surface area contributed by atoms with E-state index in [4.69, 9.17) is 0 Å². The molecule has 0 aliphatic rings. The minimum Gasteiger partial charge on any atom is -1.00 e. The molecule has 0 bridgehead atoms. The molecule has 0 spiro atoms. The first kappa shape index (κ1) is 28.9. The summed E-state index contributed by atoms with van der Waals surface area (Å²) in [6.07, 6.45) is 0. The Hall–Kier alpha value is 2.84. The van der Waals surface area contributed by atoms with Crippen LogP contribution in [-0.4, -0.2) is 55.1 Å². The molecule has 0 saturated carbocycles. The van der Waals surface area contributed by atoms with Crippen molar-refractivity contribution in [2.45, 2.75) is 0 Å². The number of hydrogen-bond acceptors (Lipinski definition) is 0. The molecule has 0 aromatic heterocycles. The van der Waals surface area contributed by atoms with Crippen LogP contribution in [0.1, 0.15) is 2.85 Å². The van der Waals surface area contributed by atoms with Crippen LogP contribution in [0.25, 0.3) is 0 Å². The van der Waals surface area contributed by atoms with E-state index < -0.39 is 0 Å². The molecule has 0 aromatic rings. The van der Waals surface area contributed by atoms with Gasteiger partial charge in [0.1, 0.15) is 0 Å². The van der Waals surface area contributed by atoms with Crippen LogP contribution in [0.5, 0.6) is 0 Å². The standard InChI is InChI=1S/Al.Ca.Cr.Fe.5H/q;+2;;;;;;2*-1. The quantitative estimate of drug-likeness (QED) is 0.404. The normalized spacial score (nSPS) is 0. The van der Waals surface area contributed by atoms with E-state index in [1.807, 2.05) is 0 Å². The Morgan fingerprint density at radius 3 is 1.25 bits per heavy atom. The van der Waals surface area contributed by atoms with Gasteiger partial charge in [0.2, 0.25) is 0 Å². The van der Waals surface area contributed by atoms with Gasteiger partial charge < -0.3 is 2.85 Å². The second-order valence-corrected chi connectivity index (χ2v) is 0. The summed E-state index contributed by atoms with van der Waals surface area (Å²) in [5.74, 6) is 0. The maximum Gasteiger partial charge on any atom is 2.00 e. The molecule has 0 aliphatic heterocycles. The molecule has 0 rings (SSSR count). The van der Waals surface area contributed by atoms with Gasteiger partial charge in [-0.3, -0.25) is 0 Å². The van der Waals surface area contributed by atoms with Crippen molar-refractivity contribution in [2.75, 3.05) is 0 Å². The van der Waals surface area contributed by atoms with E-state index in [0.717, 1.165) is 0 Å². The largest absolute Gasteiger partial charge is 2.00 e. The van der Waals surface area contributed by atoms with Crippen molar-refractivity contribution >= 4 is 55.1 Å². The maximum absolute atomic E-state index is 0. The van der Waals surface area contributed by atoms with Gasteiger partial charge in [-0.25, -0.2) is 0 Å². The molecule has 0 N–H and O–H groups in total. The maximum atomic E-state index is 0. The fourth-order valence-corrected chi connectivity index (χ4v) is 0. The average molecular weight is 180 g/mol. The van der Waals surface area contributed by atoms with Crippen molar-refractivity contribution in [1.29, 1.82) is 0 Å². The van der Waals surface area contributed by atoms with Crippen molar-refractivity contribution in [2.24, 2.45) is 0 Å². The molecular formula is H5AlCaCrFe. The smallest absolute Gasteiger partial charge is 1.00 e. The second-order valence-electron chi connectivity index (χ2n) is 0. The summed E-state index contributed by atoms with van der Waals surface area (Å²) in [4.78, 5) is 0. The SMILES string of the molecule is [AlH3].[Ca+2].[Cr].[Fe].[H-].[H-]. The first-order valence-electron chi connectivity index (χ1n) is 0. The van der Waals surface area contributed by atoms with Gasteiger partial charge in [0.25, 0.3) is 0 Å². The molecule has 24 valence electrons. The van der Waals surface area contributed by atoms with Crippen LogP contribution in [0.15, 0.2) is 0 Å². The van der Waals surface area contributed by atoms with Gasteiger partial charge >= 0.3 is 37.7 Å². The zero-order valence-corrected chi connectivity index (χ0v) is 6.06. The molecule has 4 heavy (non-hydrogen) atoms. The van der Waals surface area contributed by atoms with Crippen molar-refractivity contribution < 1.29 is 37.3 Å². The summed E-state index contributed by atoms with van der Waals surface area (Å²) in [6.45, 7) is 0.